The first-order valence-electron chi connectivity index (χ1n) is 10.5. The average Bonchev–Trinajstić information content (AvgIpc) is 3.02. The number of H-pyrrole nitrogens is 1. The summed E-state index contributed by atoms with van der Waals surface area (Å²) in [5, 5.41) is 7.29. The molecule has 1 N–H and O–H groups in total. The van der Waals surface area contributed by atoms with Crippen LogP contribution in [0.1, 0.15) is 74.6 Å². The molecule has 2 amide bonds. The SMILES string of the molecule is CCc1[nH]nc(C(=O)N2CCC[C@@]3(CCC(=O)N(CCC(C)C)C3)C2)c1C. The van der Waals surface area contributed by atoms with Crippen LogP contribution in [0.5, 0.6) is 0 Å². The number of aryl methyl sites for hydroxylation is 1. The molecule has 3 rings (SSSR count). The molecule has 3 heterocycles. The van der Waals surface area contributed by atoms with Gasteiger partial charge in [0.05, 0.1) is 0 Å². The zero-order valence-electron chi connectivity index (χ0n) is 17.3. The van der Waals surface area contributed by atoms with E-state index in [-0.39, 0.29) is 17.2 Å². The third-order valence-corrected chi connectivity index (χ3v) is 6.34. The molecule has 2 aliphatic rings. The van der Waals surface area contributed by atoms with Crippen molar-refractivity contribution in [1.29, 1.82) is 0 Å². The van der Waals surface area contributed by atoms with Crippen molar-refractivity contribution in [3.05, 3.63) is 17.0 Å². The number of likely N-dealkylation sites (tertiary alicyclic amines) is 2. The number of hydrogen-bond acceptors (Lipinski definition) is 3. The van der Waals surface area contributed by atoms with Gasteiger partial charge in [0, 0.05) is 49.3 Å². The lowest BCUT2D eigenvalue weighted by Crippen LogP contribution is -2.55. The van der Waals surface area contributed by atoms with Crippen LogP contribution < -0.4 is 0 Å². The average molecular weight is 375 g/mol. The zero-order chi connectivity index (χ0) is 19.6. The maximum atomic E-state index is 13.1. The number of nitrogens with zero attached hydrogens (tertiary/aromatic N) is 3. The molecule has 27 heavy (non-hydrogen) atoms. The molecule has 0 unspecified atom stereocenters. The van der Waals surface area contributed by atoms with Crippen molar-refractivity contribution < 1.29 is 9.59 Å². The van der Waals surface area contributed by atoms with E-state index >= 15 is 0 Å². The van der Waals surface area contributed by atoms with E-state index in [1.165, 1.54) is 0 Å². The number of hydrogen-bond donors (Lipinski definition) is 1. The second kappa shape index (κ2) is 8.03. The van der Waals surface area contributed by atoms with Crippen molar-refractivity contribution in [3.8, 4) is 0 Å². The third kappa shape index (κ3) is 4.19. The van der Waals surface area contributed by atoms with Crippen molar-refractivity contribution in [2.24, 2.45) is 11.3 Å². The van der Waals surface area contributed by atoms with E-state index in [0.717, 1.165) is 69.5 Å². The lowest BCUT2D eigenvalue weighted by Gasteiger charge is -2.48. The smallest absolute Gasteiger partial charge is 0.274 e. The van der Waals surface area contributed by atoms with Gasteiger partial charge in [0.15, 0.2) is 5.69 Å². The Balaban J connectivity index is 1.71. The lowest BCUT2D eigenvalue weighted by molar-refractivity contribution is -0.139. The summed E-state index contributed by atoms with van der Waals surface area (Å²) < 4.78 is 0. The normalized spacial score (nSPS) is 23.5. The molecule has 150 valence electrons. The summed E-state index contributed by atoms with van der Waals surface area (Å²) in [6, 6.07) is 0. The highest BCUT2D eigenvalue weighted by Crippen LogP contribution is 2.39. The van der Waals surface area contributed by atoms with E-state index in [0.29, 0.717) is 18.0 Å². The number of rotatable bonds is 5. The van der Waals surface area contributed by atoms with Crippen LogP contribution in [0, 0.1) is 18.3 Å². The molecule has 1 aromatic rings. The van der Waals surface area contributed by atoms with Crippen LogP contribution in [0.15, 0.2) is 0 Å². The third-order valence-electron chi connectivity index (χ3n) is 6.34. The fourth-order valence-electron chi connectivity index (χ4n) is 4.57. The molecule has 2 aliphatic heterocycles. The summed E-state index contributed by atoms with van der Waals surface area (Å²) in [6.45, 7) is 11.6. The molecule has 0 saturated carbocycles. The molecular weight excluding hydrogens is 340 g/mol. The highest BCUT2D eigenvalue weighted by molar-refractivity contribution is 5.94. The highest BCUT2D eigenvalue weighted by Gasteiger charge is 2.43. The van der Waals surface area contributed by atoms with Gasteiger partial charge < -0.3 is 9.80 Å². The summed E-state index contributed by atoms with van der Waals surface area (Å²) >= 11 is 0. The van der Waals surface area contributed by atoms with Gasteiger partial charge in [0.1, 0.15) is 0 Å². The molecule has 1 atom stereocenters. The Kier molecular flexibility index (Phi) is 5.92. The molecule has 1 aromatic heterocycles. The Bertz CT molecular complexity index is 696. The largest absolute Gasteiger partial charge is 0.342 e. The Hall–Kier alpha value is -1.85. The Morgan fingerprint density at radius 3 is 2.74 bits per heavy atom. The van der Waals surface area contributed by atoms with Crippen molar-refractivity contribution in [2.45, 2.75) is 66.2 Å². The standard InChI is InChI=1S/C21H34N4O2/c1-5-17-16(4)19(23-22-17)20(27)25-11-6-9-21(14-25)10-7-18(26)24(13-21)12-8-15(2)3/h15H,5-14H2,1-4H3,(H,22,23)/t21-/m0/s1. The van der Waals surface area contributed by atoms with E-state index in [9.17, 15) is 9.59 Å². The number of aromatic amines is 1. The topological polar surface area (TPSA) is 69.3 Å². The molecule has 6 heteroatoms. The Morgan fingerprint density at radius 2 is 2.07 bits per heavy atom. The second-order valence-corrected chi connectivity index (χ2v) is 8.86. The van der Waals surface area contributed by atoms with E-state index in [4.69, 9.17) is 0 Å². The van der Waals surface area contributed by atoms with Crippen molar-refractivity contribution >= 4 is 11.8 Å². The van der Waals surface area contributed by atoms with Gasteiger partial charge in [-0.1, -0.05) is 20.8 Å². The predicted molar refractivity (Wildman–Crippen MR) is 106 cm³/mol. The number of carbonyl (C=O) groups is 2. The fraction of sp³-hybridized carbons (Fsp3) is 0.762. The van der Waals surface area contributed by atoms with Gasteiger partial charge in [-0.2, -0.15) is 5.10 Å². The fourth-order valence-corrected chi connectivity index (χ4v) is 4.57. The number of carbonyl (C=O) groups excluding carboxylic acids is 2. The van der Waals surface area contributed by atoms with Crippen LogP contribution >= 0.6 is 0 Å². The minimum absolute atomic E-state index is 0.0353. The van der Waals surface area contributed by atoms with Gasteiger partial charge in [-0.05, 0) is 44.9 Å². The number of piperidine rings is 2. The first-order valence-corrected chi connectivity index (χ1v) is 10.5. The molecular formula is C21H34N4O2. The molecule has 6 nitrogen and oxygen atoms in total. The first kappa shape index (κ1) is 19.9. The summed E-state index contributed by atoms with van der Waals surface area (Å²) in [7, 11) is 0. The number of amides is 2. The van der Waals surface area contributed by atoms with E-state index < -0.39 is 0 Å². The summed E-state index contributed by atoms with van der Waals surface area (Å²) in [5.41, 5.74) is 2.62. The second-order valence-electron chi connectivity index (χ2n) is 8.86. The molecule has 2 fully saturated rings. The molecule has 0 aromatic carbocycles. The highest BCUT2D eigenvalue weighted by atomic mass is 16.2. The predicted octanol–water partition coefficient (Wildman–Crippen LogP) is 3.17. The van der Waals surface area contributed by atoms with Crippen molar-refractivity contribution in [1.82, 2.24) is 20.0 Å². The molecule has 0 aliphatic carbocycles. The van der Waals surface area contributed by atoms with E-state index in [1.807, 2.05) is 16.7 Å². The molecule has 1 spiro atoms. The van der Waals surface area contributed by atoms with Crippen LogP contribution in [0.4, 0.5) is 0 Å². The molecule has 0 radical (unpaired) electrons. The van der Waals surface area contributed by atoms with Crippen LogP contribution in [0.3, 0.4) is 0 Å². The monoisotopic (exact) mass is 374 g/mol. The van der Waals surface area contributed by atoms with Gasteiger partial charge in [0.2, 0.25) is 5.91 Å². The molecule has 0 bridgehead atoms. The molecule has 2 saturated heterocycles. The quantitative estimate of drug-likeness (QED) is 0.861. The van der Waals surface area contributed by atoms with Crippen molar-refractivity contribution in [3.63, 3.8) is 0 Å². The zero-order valence-corrected chi connectivity index (χ0v) is 17.3. The summed E-state index contributed by atoms with van der Waals surface area (Å²) in [6.07, 6.45) is 5.50. The lowest BCUT2D eigenvalue weighted by atomic mass is 9.73. The van der Waals surface area contributed by atoms with Gasteiger partial charge in [0.25, 0.3) is 5.91 Å². The maximum absolute atomic E-state index is 13.1. The van der Waals surface area contributed by atoms with Crippen LogP contribution in [0.2, 0.25) is 0 Å². The number of nitrogens with one attached hydrogen (secondary N) is 1. The first-order chi connectivity index (χ1) is 12.8. The maximum Gasteiger partial charge on any atom is 0.274 e. The van der Waals surface area contributed by atoms with Crippen molar-refractivity contribution in [2.75, 3.05) is 26.2 Å². The Labute approximate surface area is 162 Å². The van der Waals surface area contributed by atoms with E-state index in [2.05, 4.69) is 31.0 Å². The van der Waals surface area contributed by atoms with Crippen LogP contribution in [0.25, 0.3) is 0 Å². The minimum Gasteiger partial charge on any atom is -0.342 e. The summed E-state index contributed by atoms with van der Waals surface area (Å²) in [5.74, 6) is 0.907. The van der Waals surface area contributed by atoms with Crippen LogP contribution in [-0.2, 0) is 11.2 Å². The van der Waals surface area contributed by atoms with Gasteiger partial charge >= 0.3 is 0 Å². The van der Waals surface area contributed by atoms with E-state index in [1.54, 1.807) is 0 Å². The Morgan fingerprint density at radius 1 is 1.30 bits per heavy atom. The summed E-state index contributed by atoms with van der Waals surface area (Å²) in [4.78, 5) is 29.5. The van der Waals surface area contributed by atoms with Gasteiger partial charge in [-0.25, -0.2) is 0 Å². The van der Waals surface area contributed by atoms with Gasteiger partial charge in [-0.3, -0.25) is 14.7 Å². The number of aromatic nitrogens is 2. The minimum atomic E-state index is 0.0353. The van der Waals surface area contributed by atoms with Crippen LogP contribution in [-0.4, -0.2) is 58.0 Å². The van der Waals surface area contributed by atoms with Gasteiger partial charge in [-0.15, -0.1) is 0 Å².